The molecule has 0 spiro atoms. The molecule has 11 heteroatoms. The highest BCUT2D eigenvalue weighted by Crippen LogP contribution is 2.37. The molecular weight excluding hydrogens is 414 g/mol. The molecular formula is C20H25NO10. The van der Waals surface area contributed by atoms with Crippen LogP contribution in [0, 0.1) is 10.1 Å². The first-order valence-electron chi connectivity index (χ1n) is 9.63. The van der Waals surface area contributed by atoms with Crippen LogP contribution in [0.4, 0.5) is 5.69 Å². The zero-order valence-electron chi connectivity index (χ0n) is 17.9. The molecule has 0 bridgehead atoms. The van der Waals surface area contributed by atoms with E-state index in [2.05, 4.69) is 0 Å². The molecule has 170 valence electrons. The predicted octanol–water partition coefficient (Wildman–Crippen LogP) is 1.96. The summed E-state index contributed by atoms with van der Waals surface area (Å²) in [6, 6.07) is 4.80. The van der Waals surface area contributed by atoms with Crippen LogP contribution >= 0.6 is 0 Å². The summed E-state index contributed by atoms with van der Waals surface area (Å²) < 4.78 is 33.5. The Morgan fingerprint density at radius 3 is 2.26 bits per heavy atom. The van der Waals surface area contributed by atoms with Gasteiger partial charge in [0.2, 0.25) is 6.10 Å². The molecule has 2 aliphatic rings. The standard InChI is InChI=1S/C20H25NO10/c1-19(2)27-10-13(29-19)14-15(31-20(3,4)30-14)16(18(23)26-5)28-17(22)11-6-8-12(9-7-11)21(24)25/h6-9,13-16H,10H2,1-5H3/t13-,14-,15+,16-/m1/s1. The van der Waals surface area contributed by atoms with Crippen molar-refractivity contribution in [1.29, 1.82) is 0 Å². The maximum Gasteiger partial charge on any atom is 0.350 e. The van der Waals surface area contributed by atoms with Crippen LogP contribution in [0.2, 0.25) is 0 Å². The van der Waals surface area contributed by atoms with Crippen LogP contribution in [0.3, 0.4) is 0 Å². The number of methoxy groups -OCH3 is 1. The number of carbonyl (C=O) groups is 2. The monoisotopic (exact) mass is 439 g/mol. The van der Waals surface area contributed by atoms with Gasteiger partial charge in [-0.05, 0) is 39.8 Å². The lowest BCUT2D eigenvalue weighted by Crippen LogP contribution is -2.49. The summed E-state index contributed by atoms with van der Waals surface area (Å²) in [6.45, 7) is 7.00. The minimum absolute atomic E-state index is 0.0239. The SMILES string of the molecule is COC(=O)[C@H](OC(=O)c1ccc([N+](=O)[O-])cc1)[C@H]1OC(C)(C)O[C@@H]1[C@H]1COC(C)(C)O1. The number of nitro groups is 1. The van der Waals surface area contributed by atoms with Crippen LogP contribution < -0.4 is 0 Å². The minimum Gasteiger partial charge on any atom is -0.466 e. The number of non-ortho nitro benzene ring substituents is 1. The number of benzene rings is 1. The number of hydrogen-bond donors (Lipinski definition) is 0. The smallest absolute Gasteiger partial charge is 0.350 e. The van der Waals surface area contributed by atoms with E-state index in [0.717, 1.165) is 19.2 Å². The Labute approximate surface area is 178 Å². The zero-order valence-corrected chi connectivity index (χ0v) is 17.9. The molecule has 0 N–H and O–H groups in total. The van der Waals surface area contributed by atoms with Crippen LogP contribution in [0.5, 0.6) is 0 Å². The molecule has 0 aliphatic carbocycles. The van der Waals surface area contributed by atoms with Crippen molar-refractivity contribution in [1.82, 2.24) is 0 Å². The quantitative estimate of drug-likeness (QED) is 0.368. The molecule has 31 heavy (non-hydrogen) atoms. The largest absolute Gasteiger partial charge is 0.466 e. The Morgan fingerprint density at radius 1 is 1.10 bits per heavy atom. The van der Waals surface area contributed by atoms with Crippen LogP contribution in [0.1, 0.15) is 38.1 Å². The summed E-state index contributed by atoms with van der Waals surface area (Å²) in [7, 11) is 1.16. The Balaban J connectivity index is 1.83. The Bertz CT molecular complexity index is 850. The van der Waals surface area contributed by atoms with Crippen LogP contribution in [-0.2, 0) is 33.2 Å². The van der Waals surface area contributed by atoms with Gasteiger partial charge in [0.1, 0.15) is 18.3 Å². The van der Waals surface area contributed by atoms with Crippen molar-refractivity contribution in [3.8, 4) is 0 Å². The van der Waals surface area contributed by atoms with Crippen LogP contribution in [0.25, 0.3) is 0 Å². The zero-order chi connectivity index (χ0) is 23.0. The normalized spacial score (nSPS) is 27.5. The molecule has 2 heterocycles. The van der Waals surface area contributed by atoms with Gasteiger partial charge < -0.3 is 28.4 Å². The van der Waals surface area contributed by atoms with Gasteiger partial charge in [0.05, 0.1) is 24.2 Å². The first-order valence-corrected chi connectivity index (χ1v) is 9.63. The molecule has 2 fully saturated rings. The van der Waals surface area contributed by atoms with Crippen molar-refractivity contribution >= 4 is 17.6 Å². The van der Waals surface area contributed by atoms with Crippen molar-refractivity contribution < 1.29 is 42.9 Å². The number of hydrogen-bond acceptors (Lipinski definition) is 10. The van der Waals surface area contributed by atoms with E-state index in [0.29, 0.717) is 0 Å². The van der Waals surface area contributed by atoms with Gasteiger partial charge in [0.25, 0.3) is 5.69 Å². The van der Waals surface area contributed by atoms with E-state index in [1.54, 1.807) is 27.7 Å². The highest BCUT2D eigenvalue weighted by molar-refractivity contribution is 5.91. The summed E-state index contributed by atoms with van der Waals surface area (Å²) in [6.07, 6.45) is -3.86. The minimum atomic E-state index is -1.47. The number of nitro benzene ring substituents is 1. The maximum atomic E-state index is 12.7. The molecule has 0 radical (unpaired) electrons. The number of nitrogens with zero attached hydrogens (tertiary/aromatic N) is 1. The lowest BCUT2D eigenvalue weighted by molar-refractivity contribution is -0.384. The van der Waals surface area contributed by atoms with Crippen LogP contribution in [0.15, 0.2) is 24.3 Å². The van der Waals surface area contributed by atoms with E-state index < -0.39 is 52.9 Å². The fraction of sp³-hybridized carbons (Fsp3) is 0.600. The summed E-state index contributed by atoms with van der Waals surface area (Å²) in [5.74, 6) is -3.65. The fourth-order valence-corrected chi connectivity index (χ4v) is 3.48. The summed E-state index contributed by atoms with van der Waals surface area (Å²) in [5, 5.41) is 10.8. The topological polar surface area (TPSA) is 133 Å². The van der Waals surface area contributed by atoms with E-state index in [-0.39, 0.29) is 17.9 Å². The predicted molar refractivity (Wildman–Crippen MR) is 103 cm³/mol. The fourth-order valence-electron chi connectivity index (χ4n) is 3.48. The molecule has 0 saturated carbocycles. The Kier molecular flexibility index (Phi) is 6.33. The van der Waals surface area contributed by atoms with Gasteiger partial charge >= 0.3 is 11.9 Å². The van der Waals surface area contributed by atoms with Crippen LogP contribution in [-0.4, -0.2) is 66.6 Å². The lowest BCUT2D eigenvalue weighted by atomic mass is 10.0. The first-order chi connectivity index (χ1) is 14.4. The summed E-state index contributed by atoms with van der Waals surface area (Å²) in [5.41, 5.74) is -0.160. The van der Waals surface area contributed by atoms with Gasteiger partial charge in [-0.15, -0.1) is 0 Å². The van der Waals surface area contributed by atoms with Gasteiger partial charge in [-0.2, -0.15) is 0 Å². The highest BCUT2D eigenvalue weighted by Gasteiger charge is 2.55. The van der Waals surface area contributed by atoms with E-state index in [1.165, 1.54) is 12.1 Å². The molecule has 0 amide bonds. The molecule has 0 aromatic heterocycles. The van der Waals surface area contributed by atoms with Gasteiger partial charge in [-0.25, -0.2) is 9.59 Å². The molecule has 1 aromatic rings. The third kappa shape index (κ3) is 5.18. The van der Waals surface area contributed by atoms with Crippen molar-refractivity contribution in [3.63, 3.8) is 0 Å². The average molecular weight is 439 g/mol. The third-order valence-electron chi connectivity index (χ3n) is 4.84. The molecule has 0 unspecified atom stereocenters. The summed E-state index contributed by atoms with van der Waals surface area (Å²) in [4.78, 5) is 35.4. The second-order valence-corrected chi connectivity index (χ2v) is 8.08. The number of esters is 2. The molecule has 2 saturated heterocycles. The van der Waals surface area contributed by atoms with Crippen molar-refractivity contribution in [2.24, 2.45) is 0 Å². The van der Waals surface area contributed by atoms with Gasteiger partial charge in [-0.1, -0.05) is 0 Å². The van der Waals surface area contributed by atoms with Gasteiger partial charge in [-0.3, -0.25) is 10.1 Å². The molecule has 1 aromatic carbocycles. The van der Waals surface area contributed by atoms with E-state index in [9.17, 15) is 19.7 Å². The van der Waals surface area contributed by atoms with E-state index in [4.69, 9.17) is 28.4 Å². The second kappa shape index (κ2) is 8.50. The molecule has 4 atom stereocenters. The average Bonchev–Trinajstić information content (AvgIpc) is 3.23. The van der Waals surface area contributed by atoms with Gasteiger partial charge in [0, 0.05) is 12.1 Å². The maximum absolute atomic E-state index is 12.7. The van der Waals surface area contributed by atoms with Crippen molar-refractivity contribution in [2.45, 2.75) is 63.7 Å². The van der Waals surface area contributed by atoms with E-state index in [1.807, 2.05) is 0 Å². The van der Waals surface area contributed by atoms with Crippen molar-refractivity contribution in [2.75, 3.05) is 13.7 Å². The number of rotatable bonds is 6. The van der Waals surface area contributed by atoms with Crippen molar-refractivity contribution in [3.05, 3.63) is 39.9 Å². The third-order valence-corrected chi connectivity index (χ3v) is 4.84. The summed E-state index contributed by atoms with van der Waals surface area (Å²) >= 11 is 0. The Hall–Kier alpha value is -2.60. The van der Waals surface area contributed by atoms with Gasteiger partial charge in [0.15, 0.2) is 11.6 Å². The van der Waals surface area contributed by atoms with E-state index >= 15 is 0 Å². The molecule has 2 aliphatic heterocycles. The molecule has 11 nitrogen and oxygen atoms in total. The highest BCUT2D eigenvalue weighted by atomic mass is 16.8. The first kappa shape index (κ1) is 23.1. The second-order valence-electron chi connectivity index (χ2n) is 8.08. The molecule has 3 rings (SSSR count). The number of ether oxygens (including phenoxy) is 6. The number of carbonyl (C=O) groups excluding carboxylic acids is 2. The lowest BCUT2D eigenvalue weighted by Gasteiger charge is -2.27. The Morgan fingerprint density at radius 2 is 1.74 bits per heavy atom.